The molecule has 0 aliphatic heterocycles. The monoisotopic (exact) mass is 481 g/mol. The first-order valence-corrected chi connectivity index (χ1v) is 11.6. The molecule has 8 heteroatoms. The molecule has 2 heterocycles. The predicted molar refractivity (Wildman–Crippen MR) is 109 cm³/mol. The second-order valence-electron chi connectivity index (χ2n) is 8.83. The van der Waals surface area contributed by atoms with E-state index in [1.165, 1.54) is 25.7 Å². The van der Waals surface area contributed by atoms with Crippen molar-refractivity contribution in [3.8, 4) is 0 Å². The molecule has 2 aromatic rings. The number of anilines is 1. The first-order chi connectivity index (χ1) is 13.2. The second kappa shape index (κ2) is 6.00. The predicted octanol–water partition coefficient (Wildman–Crippen LogP) is 2.27. The fraction of sp³-hybridized carbons (Fsp3) is 0.737. The average Bonchev–Trinajstić information content (AvgIpc) is 3.54. The van der Waals surface area contributed by atoms with Gasteiger partial charge in [0.05, 0.1) is 22.9 Å². The summed E-state index contributed by atoms with van der Waals surface area (Å²) in [7, 11) is 0. The van der Waals surface area contributed by atoms with Crippen molar-refractivity contribution in [3.05, 3.63) is 12.2 Å². The number of imidazole rings is 1. The van der Waals surface area contributed by atoms with Gasteiger partial charge in [0.25, 0.3) is 0 Å². The number of aromatic nitrogens is 4. The van der Waals surface area contributed by atoms with E-state index in [1.54, 1.807) is 6.33 Å². The third-order valence-electron chi connectivity index (χ3n) is 6.94. The topological polar surface area (TPSA) is 96.1 Å². The van der Waals surface area contributed by atoms with Crippen molar-refractivity contribution in [2.75, 3.05) is 5.32 Å². The Morgan fingerprint density at radius 1 is 1.11 bits per heavy atom. The number of alkyl halides is 1. The minimum atomic E-state index is -0.744. The fourth-order valence-corrected chi connectivity index (χ4v) is 5.47. The summed E-state index contributed by atoms with van der Waals surface area (Å²) in [5.74, 6) is 3.72. The molecule has 6 rings (SSSR count). The molecule has 0 saturated heterocycles. The molecule has 5 atom stereocenters. The van der Waals surface area contributed by atoms with Gasteiger partial charge in [0.2, 0.25) is 0 Å². The Labute approximate surface area is 171 Å². The van der Waals surface area contributed by atoms with Crippen molar-refractivity contribution in [1.29, 1.82) is 0 Å². The van der Waals surface area contributed by atoms with E-state index in [-0.39, 0.29) is 12.0 Å². The summed E-state index contributed by atoms with van der Waals surface area (Å²) < 4.78 is 2.72. The highest BCUT2D eigenvalue weighted by atomic mass is 127. The number of rotatable bonds is 6. The Morgan fingerprint density at radius 3 is 2.44 bits per heavy atom. The third-order valence-corrected chi connectivity index (χ3v) is 7.62. The maximum absolute atomic E-state index is 10.5. The fourth-order valence-electron chi connectivity index (χ4n) is 5.13. The minimum absolute atomic E-state index is 0.137. The Hall–Kier alpha value is -1.000. The summed E-state index contributed by atoms with van der Waals surface area (Å²) in [5, 5.41) is 24.5. The van der Waals surface area contributed by atoms with E-state index in [9.17, 15) is 10.2 Å². The number of halogens is 1. The molecule has 144 valence electrons. The highest BCUT2D eigenvalue weighted by Crippen LogP contribution is 2.58. The van der Waals surface area contributed by atoms with Crippen molar-refractivity contribution in [2.24, 2.45) is 23.7 Å². The van der Waals surface area contributed by atoms with Gasteiger partial charge in [-0.15, -0.1) is 0 Å². The second-order valence-corrected chi connectivity index (χ2v) is 9.59. The number of aliphatic hydroxyl groups is 2. The zero-order valence-electron chi connectivity index (χ0n) is 15.0. The van der Waals surface area contributed by atoms with Gasteiger partial charge >= 0.3 is 0 Å². The number of fused-ring (bicyclic) bond motifs is 2. The van der Waals surface area contributed by atoms with Crippen LogP contribution >= 0.6 is 22.6 Å². The van der Waals surface area contributed by atoms with Crippen LogP contribution in [0.2, 0.25) is 0 Å². The summed E-state index contributed by atoms with van der Waals surface area (Å²) in [6, 6.07) is 0.365. The van der Waals surface area contributed by atoms with Crippen LogP contribution in [0.3, 0.4) is 0 Å². The van der Waals surface area contributed by atoms with Crippen LogP contribution in [-0.4, -0.2) is 48.0 Å². The number of hydrogen-bond donors (Lipinski definition) is 3. The first kappa shape index (κ1) is 16.9. The van der Waals surface area contributed by atoms with E-state index in [0.29, 0.717) is 12.0 Å². The molecule has 0 amide bonds. The molecule has 2 aromatic heterocycles. The lowest BCUT2D eigenvalue weighted by Crippen LogP contribution is -2.31. The molecule has 0 aromatic carbocycles. The van der Waals surface area contributed by atoms with Crippen molar-refractivity contribution < 1.29 is 10.2 Å². The van der Waals surface area contributed by atoms with Crippen LogP contribution in [-0.2, 0) is 4.43 Å². The highest BCUT2D eigenvalue weighted by molar-refractivity contribution is 14.1. The standard InChI is InChI=1S/C19H24IN5O2/c20-6-12-22-18(24-13(8-1-2-8)9-3-4-9)14-19(23-12)25(7-21-14)15-10-5-11(10)16(26)17(15)27/h7-11,13,15-17,26-27H,1-6H2,(H,22,23,24)/t10-,11?,15+,16-,17?/m0/s1. The van der Waals surface area contributed by atoms with Gasteiger partial charge in [-0.05, 0) is 55.8 Å². The van der Waals surface area contributed by atoms with Crippen molar-refractivity contribution >= 4 is 39.6 Å². The maximum atomic E-state index is 10.5. The molecule has 2 unspecified atom stereocenters. The lowest BCUT2D eigenvalue weighted by Gasteiger charge is -2.22. The molecule has 4 aliphatic rings. The molecule has 7 nitrogen and oxygen atoms in total. The highest BCUT2D eigenvalue weighted by Gasteiger charge is 2.60. The number of hydrogen-bond acceptors (Lipinski definition) is 6. The SMILES string of the molecule is OC1[C@@H](O)C2C[C@@H]2[C@H]1n1cnc2c(NC(C3CC3)C3CC3)nc(CI)nc21. The molecular formula is C19H24IN5O2. The van der Waals surface area contributed by atoms with Crippen LogP contribution in [0.4, 0.5) is 5.82 Å². The van der Waals surface area contributed by atoms with Gasteiger partial charge in [0.15, 0.2) is 11.5 Å². The van der Waals surface area contributed by atoms with E-state index in [1.807, 2.05) is 4.57 Å². The Balaban J connectivity index is 1.41. The van der Waals surface area contributed by atoms with Gasteiger partial charge in [0.1, 0.15) is 17.4 Å². The maximum Gasteiger partial charge on any atom is 0.166 e. The molecule has 3 N–H and O–H groups in total. The van der Waals surface area contributed by atoms with Crippen LogP contribution < -0.4 is 5.32 Å². The van der Waals surface area contributed by atoms with Crippen LogP contribution in [0, 0.1) is 23.7 Å². The molecule has 0 bridgehead atoms. The van der Waals surface area contributed by atoms with Gasteiger partial charge in [0, 0.05) is 6.04 Å². The summed E-state index contributed by atoms with van der Waals surface area (Å²) >= 11 is 2.29. The quantitative estimate of drug-likeness (QED) is 0.433. The van der Waals surface area contributed by atoms with Gasteiger partial charge in [-0.2, -0.15) is 0 Å². The van der Waals surface area contributed by atoms with E-state index in [4.69, 9.17) is 9.97 Å². The molecular weight excluding hydrogens is 457 g/mol. The molecule has 4 aliphatic carbocycles. The first-order valence-electron chi connectivity index (χ1n) is 10.1. The van der Waals surface area contributed by atoms with E-state index >= 15 is 0 Å². The normalized spacial score (nSPS) is 35.0. The van der Waals surface area contributed by atoms with E-state index < -0.39 is 12.2 Å². The van der Waals surface area contributed by atoms with Gasteiger partial charge < -0.3 is 20.1 Å². The molecule has 0 radical (unpaired) electrons. The third kappa shape index (κ3) is 2.70. The van der Waals surface area contributed by atoms with E-state index in [2.05, 4.69) is 32.9 Å². The van der Waals surface area contributed by atoms with Crippen molar-refractivity contribution in [3.63, 3.8) is 0 Å². The lowest BCUT2D eigenvalue weighted by atomic mass is 10.1. The zero-order valence-corrected chi connectivity index (χ0v) is 17.2. The van der Waals surface area contributed by atoms with Crippen molar-refractivity contribution in [2.45, 2.75) is 60.8 Å². The molecule has 4 fully saturated rings. The Kier molecular flexibility index (Phi) is 3.76. The van der Waals surface area contributed by atoms with Gasteiger partial charge in [-0.3, -0.25) is 0 Å². The zero-order chi connectivity index (χ0) is 18.3. The Bertz CT molecular complexity index is 884. The van der Waals surface area contributed by atoms with Crippen LogP contribution in [0.15, 0.2) is 6.33 Å². The molecule has 4 saturated carbocycles. The van der Waals surface area contributed by atoms with Crippen LogP contribution in [0.1, 0.15) is 44.0 Å². The minimum Gasteiger partial charge on any atom is -0.390 e. The van der Waals surface area contributed by atoms with E-state index in [0.717, 1.165) is 45.5 Å². The number of nitrogens with one attached hydrogen (secondary N) is 1. The average molecular weight is 481 g/mol. The van der Waals surface area contributed by atoms with Crippen LogP contribution in [0.25, 0.3) is 11.2 Å². The lowest BCUT2D eigenvalue weighted by molar-refractivity contribution is 0.00386. The van der Waals surface area contributed by atoms with Gasteiger partial charge in [-0.1, -0.05) is 22.6 Å². The number of aliphatic hydroxyl groups excluding tert-OH is 2. The summed E-state index contributed by atoms with van der Waals surface area (Å²) in [6.45, 7) is 0. The van der Waals surface area contributed by atoms with Crippen LogP contribution in [0.5, 0.6) is 0 Å². The molecule has 0 spiro atoms. The summed E-state index contributed by atoms with van der Waals surface area (Å²) in [5.41, 5.74) is 1.58. The smallest absolute Gasteiger partial charge is 0.166 e. The van der Waals surface area contributed by atoms with Gasteiger partial charge in [-0.25, -0.2) is 15.0 Å². The Morgan fingerprint density at radius 2 is 1.85 bits per heavy atom. The summed E-state index contributed by atoms with van der Waals surface area (Å²) in [4.78, 5) is 14.2. The summed E-state index contributed by atoms with van der Waals surface area (Å²) in [6.07, 6.45) is 6.63. The number of nitrogens with zero attached hydrogens (tertiary/aromatic N) is 4. The largest absolute Gasteiger partial charge is 0.390 e. The molecule has 27 heavy (non-hydrogen) atoms. The van der Waals surface area contributed by atoms with Crippen molar-refractivity contribution in [1.82, 2.24) is 19.5 Å².